The standard InChI is InChI=1S/C25H29NO4.C17H23NO3.C8H8O2.CH4O/c1-24(2,3)19-10-9-17(15-22(19)29-4)23(28)26-13-11-25(12-14-26)16-20(27)18-7-5-6-8-21(18)30-25;1-17(2,3)14-6-5-12(11-15(14)21-4)16(20)18-9-7-13(19)8-10-18;1-6(9)7-4-2-3-5-8(7)10;1-2/h5-10,15H,11-14,16H2,1-4H3;5-6,11H,7-10H2,1-4H3;2-5,10H,1H3;2H,1H3. The van der Waals surface area contributed by atoms with Gasteiger partial charge < -0.3 is 34.2 Å². The maximum Gasteiger partial charge on any atom is 0.254 e. The monoisotopic (exact) mass is 864 g/mol. The summed E-state index contributed by atoms with van der Waals surface area (Å²) in [5.74, 6) is 2.40. The first-order chi connectivity index (χ1) is 29.8. The highest BCUT2D eigenvalue weighted by Crippen LogP contribution is 2.40. The van der Waals surface area contributed by atoms with E-state index < -0.39 is 5.60 Å². The van der Waals surface area contributed by atoms with Gasteiger partial charge in [-0.25, -0.2) is 0 Å². The molecule has 4 aromatic carbocycles. The van der Waals surface area contributed by atoms with Crippen LogP contribution >= 0.6 is 0 Å². The Morgan fingerprint density at radius 3 is 1.57 bits per heavy atom. The zero-order valence-electron chi connectivity index (χ0n) is 38.5. The Labute approximate surface area is 372 Å². The number of ether oxygens (including phenoxy) is 3. The van der Waals surface area contributed by atoms with Crippen LogP contribution in [0, 0.1) is 0 Å². The number of benzene rings is 4. The van der Waals surface area contributed by atoms with Crippen LogP contribution in [0.1, 0.15) is 133 Å². The molecule has 2 amide bonds. The van der Waals surface area contributed by atoms with Crippen LogP contribution in [0.2, 0.25) is 0 Å². The molecule has 3 aliphatic heterocycles. The molecule has 2 N–H and O–H groups in total. The molecule has 338 valence electrons. The highest BCUT2D eigenvalue weighted by molar-refractivity contribution is 6.00. The van der Waals surface area contributed by atoms with Crippen LogP contribution in [0.5, 0.6) is 23.0 Å². The maximum atomic E-state index is 13.1. The number of piperidine rings is 2. The van der Waals surface area contributed by atoms with Gasteiger partial charge in [-0.2, -0.15) is 0 Å². The Kier molecular flexibility index (Phi) is 16.8. The lowest BCUT2D eigenvalue weighted by atomic mass is 9.82. The number of ketones is 3. The SMILES string of the molecule is CC(=O)c1ccccc1O.CO.COc1cc(C(=O)N2CCC(=O)CC2)ccc1C(C)(C)C.COc1cc(C(=O)N2CCC3(CC2)CC(=O)c2ccccc2O3)ccc1C(C)(C)C. The molecule has 0 atom stereocenters. The number of para-hydroxylation sites is 2. The first-order valence-electron chi connectivity index (χ1n) is 21.3. The maximum absolute atomic E-state index is 13.1. The zero-order chi connectivity index (χ0) is 46.7. The van der Waals surface area contributed by atoms with E-state index in [1.807, 2.05) is 59.5 Å². The molecule has 0 bridgehead atoms. The summed E-state index contributed by atoms with van der Waals surface area (Å²) >= 11 is 0. The van der Waals surface area contributed by atoms with Crippen molar-refractivity contribution in [2.75, 3.05) is 47.5 Å². The molecule has 12 nitrogen and oxygen atoms in total. The molecule has 0 unspecified atom stereocenters. The largest absolute Gasteiger partial charge is 0.507 e. The van der Waals surface area contributed by atoms with Crippen LogP contribution in [-0.4, -0.2) is 102 Å². The predicted octanol–water partition coefficient (Wildman–Crippen LogP) is 8.63. The molecular formula is C51H64N2O10. The van der Waals surface area contributed by atoms with Gasteiger partial charge in [-0.1, -0.05) is 77.9 Å². The van der Waals surface area contributed by atoms with Crippen LogP contribution in [0.4, 0.5) is 0 Å². The molecule has 3 aliphatic rings. The fraction of sp³-hybridized carbons (Fsp3) is 0.431. The van der Waals surface area contributed by atoms with Gasteiger partial charge in [-0.05, 0) is 77.4 Å². The normalized spacial score (nSPS) is 15.5. The number of fused-ring (bicyclic) bond motifs is 1. The van der Waals surface area contributed by atoms with E-state index in [2.05, 4.69) is 41.5 Å². The quantitative estimate of drug-likeness (QED) is 0.186. The highest BCUT2D eigenvalue weighted by atomic mass is 16.5. The topological polar surface area (TPSA) is 160 Å². The van der Waals surface area contributed by atoms with E-state index in [9.17, 15) is 24.0 Å². The van der Waals surface area contributed by atoms with Crippen molar-refractivity contribution in [1.29, 1.82) is 0 Å². The minimum absolute atomic E-state index is 0.00820. The van der Waals surface area contributed by atoms with Crippen molar-refractivity contribution >= 4 is 29.2 Å². The Bertz CT molecular complexity index is 2250. The van der Waals surface area contributed by atoms with Gasteiger partial charge in [-0.15, -0.1) is 0 Å². The summed E-state index contributed by atoms with van der Waals surface area (Å²) in [5.41, 5.74) is 3.83. The van der Waals surface area contributed by atoms with Crippen molar-refractivity contribution in [3.63, 3.8) is 0 Å². The van der Waals surface area contributed by atoms with E-state index in [0.717, 1.165) is 29.7 Å². The molecule has 63 heavy (non-hydrogen) atoms. The summed E-state index contributed by atoms with van der Waals surface area (Å²) < 4.78 is 17.3. The Hall–Kier alpha value is -6.01. The number of aromatic hydroxyl groups is 1. The number of phenolic OH excluding ortho intramolecular Hbond substituents is 1. The Morgan fingerprint density at radius 1 is 0.667 bits per heavy atom. The summed E-state index contributed by atoms with van der Waals surface area (Å²) in [5, 5.41) is 16.1. The molecule has 0 aliphatic carbocycles. The van der Waals surface area contributed by atoms with E-state index in [0.29, 0.717) is 86.3 Å². The summed E-state index contributed by atoms with van der Waals surface area (Å²) in [6.45, 7) is 16.3. The van der Waals surface area contributed by atoms with Gasteiger partial charge in [-0.3, -0.25) is 24.0 Å². The summed E-state index contributed by atoms with van der Waals surface area (Å²) in [7, 11) is 4.26. The van der Waals surface area contributed by atoms with Crippen molar-refractivity contribution < 1.29 is 48.4 Å². The van der Waals surface area contributed by atoms with Gasteiger partial charge in [0.2, 0.25) is 0 Å². The molecule has 12 heteroatoms. The molecule has 2 saturated heterocycles. The third-order valence-corrected chi connectivity index (χ3v) is 11.4. The number of aliphatic hydroxyl groups excluding tert-OH is 1. The number of hydrogen-bond donors (Lipinski definition) is 2. The molecule has 7 rings (SSSR count). The number of aliphatic hydroxyl groups is 1. The van der Waals surface area contributed by atoms with Crippen molar-refractivity contribution in [1.82, 2.24) is 9.80 Å². The molecule has 2 fully saturated rings. The van der Waals surface area contributed by atoms with E-state index >= 15 is 0 Å². The molecule has 0 radical (unpaired) electrons. The highest BCUT2D eigenvalue weighted by Gasteiger charge is 2.43. The van der Waals surface area contributed by atoms with Crippen molar-refractivity contribution in [2.24, 2.45) is 0 Å². The number of likely N-dealkylation sites (tertiary alicyclic amines) is 2. The number of carbonyl (C=O) groups excluding carboxylic acids is 5. The number of carbonyl (C=O) groups is 5. The van der Waals surface area contributed by atoms with Crippen molar-refractivity contribution in [3.05, 3.63) is 118 Å². The number of methoxy groups -OCH3 is 2. The molecular weight excluding hydrogens is 801 g/mol. The smallest absolute Gasteiger partial charge is 0.254 e. The fourth-order valence-corrected chi connectivity index (χ4v) is 7.82. The minimum Gasteiger partial charge on any atom is -0.507 e. The zero-order valence-corrected chi connectivity index (χ0v) is 38.5. The Morgan fingerprint density at radius 2 is 1.13 bits per heavy atom. The lowest BCUT2D eigenvalue weighted by Gasteiger charge is -2.44. The predicted molar refractivity (Wildman–Crippen MR) is 244 cm³/mol. The van der Waals surface area contributed by atoms with Crippen LogP contribution in [-0.2, 0) is 15.6 Å². The fourth-order valence-electron chi connectivity index (χ4n) is 7.82. The van der Waals surface area contributed by atoms with Crippen molar-refractivity contribution in [2.45, 2.75) is 97.0 Å². The van der Waals surface area contributed by atoms with Gasteiger partial charge in [0.25, 0.3) is 11.8 Å². The lowest BCUT2D eigenvalue weighted by molar-refractivity contribution is -0.120. The van der Waals surface area contributed by atoms with E-state index in [-0.39, 0.29) is 45.7 Å². The molecule has 0 saturated carbocycles. The summed E-state index contributed by atoms with van der Waals surface area (Å²) in [6.07, 6.45) is 2.60. The molecule has 3 heterocycles. The summed E-state index contributed by atoms with van der Waals surface area (Å²) in [4.78, 5) is 63.8. The van der Waals surface area contributed by atoms with E-state index in [1.165, 1.54) is 13.0 Å². The Balaban J connectivity index is 0.000000228. The average Bonchev–Trinajstić information content (AvgIpc) is 3.26. The molecule has 1 spiro atoms. The first kappa shape index (κ1) is 49.6. The second-order valence-electron chi connectivity index (χ2n) is 17.9. The number of amides is 2. The van der Waals surface area contributed by atoms with Crippen LogP contribution < -0.4 is 14.2 Å². The number of hydrogen-bond acceptors (Lipinski definition) is 10. The van der Waals surface area contributed by atoms with Gasteiger partial charge in [0.15, 0.2) is 11.6 Å². The van der Waals surface area contributed by atoms with Gasteiger partial charge in [0.05, 0.1) is 31.8 Å². The number of rotatable bonds is 5. The number of nitrogens with zero attached hydrogens (tertiary/aromatic N) is 2. The van der Waals surface area contributed by atoms with Gasteiger partial charge in [0.1, 0.15) is 34.4 Å². The second-order valence-corrected chi connectivity index (χ2v) is 17.9. The summed E-state index contributed by atoms with van der Waals surface area (Å²) in [6, 6.07) is 25.2. The van der Waals surface area contributed by atoms with Crippen LogP contribution in [0.15, 0.2) is 84.9 Å². The van der Waals surface area contributed by atoms with Gasteiger partial charge >= 0.3 is 0 Å². The second kappa shape index (κ2) is 21.4. The third-order valence-electron chi connectivity index (χ3n) is 11.4. The third kappa shape index (κ3) is 12.6. The average molecular weight is 865 g/mol. The van der Waals surface area contributed by atoms with Crippen molar-refractivity contribution in [3.8, 4) is 23.0 Å². The van der Waals surface area contributed by atoms with E-state index in [4.69, 9.17) is 24.4 Å². The molecule has 0 aromatic heterocycles. The minimum atomic E-state index is -0.504. The first-order valence-corrected chi connectivity index (χ1v) is 21.3. The van der Waals surface area contributed by atoms with Crippen LogP contribution in [0.3, 0.4) is 0 Å². The lowest BCUT2D eigenvalue weighted by Crippen LogP contribution is -2.52. The number of Topliss-reactive ketones (excluding diaryl/α,β-unsaturated/α-hetero) is 3. The molecule has 4 aromatic rings. The van der Waals surface area contributed by atoms with Crippen LogP contribution in [0.25, 0.3) is 0 Å². The van der Waals surface area contributed by atoms with E-state index in [1.54, 1.807) is 43.4 Å². The van der Waals surface area contributed by atoms with Gasteiger partial charge in [0, 0.05) is 70.1 Å². The number of phenols is 1.